The van der Waals surface area contributed by atoms with Crippen molar-refractivity contribution in [2.75, 3.05) is 0 Å². The van der Waals surface area contributed by atoms with Crippen LogP contribution in [0.15, 0.2) is 65.7 Å². The van der Waals surface area contributed by atoms with Gasteiger partial charge in [0, 0.05) is 40.6 Å². The minimum absolute atomic E-state index is 0.342. The molecule has 2 aromatic carbocycles. The number of nitrogens with one attached hydrogen (secondary N) is 1. The third-order valence-electron chi connectivity index (χ3n) is 5.78. The lowest BCUT2D eigenvalue weighted by Crippen LogP contribution is -2.18. The molecular formula is C24H26N2O2S. The number of benzene rings is 2. The summed E-state index contributed by atoms with van der Waals surface area (Å²) in [6.45, 7) is 8.81. The molecule has 0 fully saturated rings. The molecule has 29 heavy (non-hydrogen) atoms. The Morgan fingerprint density at radius 3 is 2.28 bits per heavy atom. The molecule has 1 unspecified atom stereocenters. The SMILES string of the molecule is CCn1c(C)c(C(c2[nH]ccc2C)S(=O)(=O)c2ccc(C)cc2)c2ccccc21. The molecule has 150 valence electrons. The molecule has 0 radical (unpaired) electrons. The van der Waals surface area contributed by atoms with Gasteiger partial charge in [0.15, 0.2) is 9.84 Å². The number of fused-ring (bicyclic) bond motifs is 1. The quantitative estimate of drug-likeness (QED) is 0.477. The summed E-state index contributed by atoms with van der Waals surface area (Å²) < 4.78 is 30.1. The second-order valence-corrected chi connectivity index (χ2v) is 9.61. The fourth-order valence-corrected chi connectivity index (χ4v) is 6.22. The standard InChI is InChI=1S/C24H26N2O2S/c1-5-26-18(4)22(20-8-6-7-9-21(20)26)24(23-17(3)14-15-25-23)29(27,28)19-12-10-16(2)11-13-19/h6-15,24-25H,5H2,1-4H3. The summed E-state index contributed by atoms with van der Waals surface area (Å²) >= 11 is 0. The largest absolute Gasteiger partial charge is 0.363 e. The third-order valence-corrected chi connectivity index (χ3v) is 7.80. The van der Waals surface area contributed by atoms with Crippen LogP contribution in [0.25, 0.3) is 10.9 Å². The first-order valence-electron chi connectivity index (χ1n) is 9.88. The highest BCUT2D eigenvalue weighted by atomic mass is 32.2. The number of sulfone groups is 1. The van der Waals surface area contributed by atoms with Crippen LogP contribution in [0.5, 0.6) is 0 Å². The lowest BCUT2D eigenvalue weighted by atomic mass is 10.0. The highest BCUT2D eigenvalue weighted by Gasteiger charge is 2.36. The molecule has 5 heteroatoms. The number of para-hydroxylation sites is 1. The Morgan fingerprint density at radius 2 is 1.66 bits per heavy atom. The number of aromatic amines is 1. The molecule has 4 rings (SSSR count). The Morgan fingerprint density at radius 1 is 0.966 bits per heavy atom. The van der Waals surface area contributed by atoms with Crippen molar-refractivity contribution < 1.29 is 8.42 Å². The number of aromatic nitrogens is 2. The van der Waals surface area contributed by atoms with Gasteiger partial charge in [0.05, 0.1) is 4.90 Å². The van der Waals surface area contributed by atoms with Gasteiger partial charge in [-0.2, -0.15) is 0 Å². The first-order chi connectivity index (χ1) is 13.9. The van der Waals surface area contributed by atoms with Crippen LogP contribution in [-0.2, 0) is 16.4 Å². The van der Waals surface area contributed by atoms with Crippen LogP contribution >= 0.6 is 0 Å². The number of hydrogen-bond donors (Lipinski definition) is 1. The Labute approximate surface area is 172 Å². The fourth-order valence-electron chi connectivity index (χ4n) is 4.26. The first-order valence-corrected chi connectivity index (χ1v) is 11.4. The van der Waals surface area contributed by atoms with Crippen molar-refractivity contribution in [1.29, 1.82) is 0 Å². The maximum absolute atomic E-state index is 14.0. The average molecular weight is 407 g/mol. The molecule has 0 saturated carbocycles. The van der Waals surface area contributed by atoms with Gasteiger partial charge in [0.25, 0.3) is 0 Å². The van der Waals surface area contributed by atoms with Gasteiger partial charge in [-0.3, -0.25) is 0 Å². The fraction of sp³-hybridized carbons (Fsp3) is 0.250. The number of nitrogens with zero attached hydrogens (tertiary/aromatic N) is 1. The van der Waals surface area contributed by atoms with Gasteiger partial charge in [-0.15, -0.1) is 0 Å². The van der Waals surface area contributed by atoms with Crippen molar-refractivity contribution in [3.8, 4) is 0 Å². The van der Waals surface area contributed by atoms with Gasteiger partial charge in [-0.1, -0.05) is 35.9 Å². The molecule has 0 spiro atoms. The smallest absolute Gasteiger partial charge is 0.191 e. The minimum Gasteiger partial charge on any atom is -0.363 e. The molecule has 0 aliphatic rings. The van der Waals surface area contributed by atoms with Crippen LogP contribution in [0.1, 0.15) is 40.3 Å². The second-order valence-electron chi connectivity index (χ2n) is 7.57. The number of hydrogen-bond acceptors (Lipinski definition) is 2. The van der Waals surface area contributed by atoms with E-state index in [1.807, 2.05) is 63.4 Å². The Kier molecular flexibility index (Phi) is 4.87. The zero-order valence-electron chi connectivity index (χ0n) is 17.2. The van der Waals surface area contributed by atoms with Crippen LogP contribution in [0.4, 0.5) is 0 Å². The average Bonchev–Trinajstić information content (AvgIpc) is 3.24. The summed E-state index contributed by atoms with van der Waals surface area (Å²) in [7, 11) is -3.67. The Bertz CT molecular complexity index is 1280. The van der Waals surface area contributed by atoms with Gasteiger partial charge in [0.2, 0.25) is 0 Å². The van der Waals surface area contributed by atoms with Crippen molar-refractivity contribution >= 4 is 20.7 Å². The molecule has 0 aliphatic heterocycles. The van der Waals surface area contributed by atoms with Gasteiger partial charge < -0.3 is 9.55 Å². The number of aryl methyl sites for hydroxylation is 3. The zero-order valence-corrected chi connectivity index (χ0v) is 18.0. The predicted octanol–water partition coefficient (Wildman–Crippen LogP) is 5.48. The van der Waals surface area contributed by atoms with E-state index in [1.54, 1.807) is 12.1 Å². The maximum Gasteiger partial charge on any atom is 0.191 e. The van der Waals surface area contributed by atoms with Crippen LogP contribution in [0, 0.1) is 20.8 Å². The molecule has 2 aromatic heterocycles. The Balaban J connectivity index is 2.07. The summed E-state index contributed by atoms with van der Waals surface area (Å²) in [6, 6.07) is 17.1. The van der Waals surface area contributed by atoms with Crippen molar-refractivity contribution in [1.82, 2.24) is 9.55 Å². The predicted molar refractivity (Wildman–Crippen MR) is 118 cm³/mol. The normalized spacial score (nSPS) is 13.1. The minimum atomic E-state index is -3.67. The molecule has 1 N–H and O–H groups in total. The molecule has 4 nitrogen and oxygen atoms in total. The van der Waals surface area contributed by atoms with E-state index in [0.717, 1.165) is 45.5 Å². The summed E-state index contributed by atoms with van der Waals surface area (Å²) in [5.74, 6) is 0. The molecule has 0 aliphatic carbocycles. The van der Waals surface area contributed by atoms with Crippen LogP contribution in [0.3, 0.4) is 0 Å². The highest BCUT2D eigenvalue weighted by Crippen LogP contribution is 2.42. The van der Waals surface area contributed by atoms with Gasteiger partial charge >= 0.3 is 0 Å². The van der Waals surface area contributed by atoms with Gasteiger partial charge in [0.1, 0.15) is 5.25 Å². The van der Waals surface area contributed by atoms with Gasteiger partial charge in [-0.25, -0.2) is 8.42 Å². The van der Waals surface area contributed by atoms with Crippen molar-refractivity contribution in [3.63, 3.8) is 0 Å². The van der Waals surface area contributed by atoms with Crippen molar-refractivity contribution in [2.24, 2.45) is 0 Å². The van der Waals surface area contributed by atoms with E-state index in [9.17, 15) is 8.42 Å². The topological polar surface area (TPSA) is 54.9 Å². The molecule has 0 saturated heterocycles. The molecule has 2 heterocycles. The molecule has 1 atom stereocenters. The van der Waals surface area contributed by atoms with Crippen molar-refractivity contribution in [2.45, 2.75) is 44.4 Å². The van der Waals surface area contributed by atoms with E-state index in [2.05, 4.69) is 22.5 Å². The summed E-state index contributed by atoms with van der Waals surface area (Å²) in [4.78, 5) is 3.56. The van der Waals surface area contributed by atoms with Gasteiger partial charge in [-0.05, 0) is 57.5 Å². The van der Waals surface area contributed by atoms with Crippen LogP contribution < -0.4 is 0 Å². The molecular weight excluding hydrogens is 380 g/mol. The monoisotopic (exact) mass is 406 g/mol. The van der Waals surface area contributed by atoms with Crippen molar-refractivity contribution in [3.05, 3.63) is 88.9 Å². The summed E-state index contributed by atoms with van der Waals surface area (Å²) in [5.41, 5.74) is 5.62. The molecule has 0 bridgehead atoms. The van der Waals surface area contributed by atoms with E-state index in [1.165, 1.54) is 0 Å². The highest BCUT2D eigenvalue weighted by molar-refractivity contribution is 7.92. The third kappa shape index (κ3) is 3.10. The number of rotatable bonds is 5. The van der Waals surface area contributed by atoms with E-state index >= 15 is 0 Å². The van der Waals surface area contributed by atoms with Crippen LogP contribution in [-0.4, -0.2) is 18.0 Å². The molecule has 0 amide bonds. The maximum atomic E-state index is 14.0. The zero-order chi connectivity index (χ0) is 20.8. The van der Waals surface area contributed by atoms with E-state index < -0.39 is 15.1 Å². The van der Waals surface area contributed by atoms with Crippen LogP contribution in [0.2, 0.25) is 0 Å². The molecule has 4 aromatic rings. The van der Waals surface area contributed by atoms with E-state index in [0.29, 0.717) is 4.90 Å². The van der Waals surface area contributed by atoms with E-state index in [4.69, 9.17) is 0 Å². The second kappa shape index (κ2) is 7.23. The van der Waals surface area contributed by atoms with E-state index in [-0.39, 0.29) is 0 Å². The lowest BCUT2D eigenvalue weighted by Gasteiger charge is -2.20. The summed E-state index contributed by atoms with van der Waals surface area (Å²) in [5, 5.41) is 0.194. The number of H-pyrrole nitrogens is 1. The lowest BCUT2D eigenvalue weighted by molar-refractivity contribution is 0.587. The first kappa shape index (κ1) is 19.5. The Hall–Kier alpha value is -2.79. The summed E-state index contributed by atoms with van der Waals surface area (Å²) in [6.07, 6.45) is 1.82.